The van der Waals surface area contributed by atoms with Gasteiger partial charge in [-0.05, 0) is 78.4 Å². The summed E-state index contributed by atoms with van der Waals surface area (Å²) >= 11 is 0. The number of rotatable bonds is 6. The van der Waals surface area contributed by atoms with Gasteiger partial charge >= 0.3 is 6.18 Å². The minimum absolute atomic E-state index is 0.0282. The Labute approximate surface area is 261 Å². The summed E-state index contributed by atoms with van der Waals surface area (Å²) in [4.78, 5) is 17.5. The second kappa shape index (κ2) is 10.9. The van der Waals surface area contributed by atoms with E-state index in [1.807, 2.05) is 0 Å². The molecule has 0 saturated heterocycles. The van der Waals surface area contributed by atoms with E-state index in [0.717, 1.165) is 65.9 Å². The van der Waals surface area contributed by atoms with Crippen LogP contribution in [0.15, 0.2) is 24.3 Å². The van der Waals surface area contributed by atoms with Gasteiger partial charge in [0.1, 0.15) is 6.10 Å². The van der Waals surface area contributed by atoms with E-state index in [9.17, 15) is 23.1 Å². The molecule has 1 fully saturated rings. The molecule has 0 unspecified atom stereocenters. The van der Waals surface area contributed by atoms with E-state index in [-0.39, 0.29) is 29.4 Å². The van der Waals surface area contributed by atoms with Crippen molar-refractivity contribution < 1.29 is 32.2 Å². The molecule has 9 heteroatoms. The Bertz CT molecular complexity index is 1420. The maximum Gasteiger partial charge on any atom is 0.416 e. The van der Waals surface area contributed by atoms with Crippen molar-refractivity contribution in [2.24, 2.45) is 5.41 Å². The van der Waals surface area contributed by atoms with Crippen LogP contribution in [0.4, 0.5) is 13.2 Å². The number of fused-ring (bicyclic) bond motifs is 4. The number of nitrogens with zero attached hydrogens (tertiary/aromatic N) is 1. The highest BCUT2D eigenvalue weighted by Gasteiger charge is 2.55. The minimum Gasteiger partial charge on any atom is -0.550 e. The second-order valence-electron chi connectivity index (χ2n) is 15.7. The maximum atomic E-state index is 13.5. The van der Waals surface area contributed by atoms with Gasteiger partial charge in [0.25, 0.3) is 0 Å². The van der Waals surface area contributed by atoms with E-state index >= 15 is 0 Å². The number of pyridine rings is 1. The number of carbonyl (C=O) groups excluding carboxylic acids is 1. The molecule has 1 saturated carbocycles. The van der Waals surface area contributed by atoms with Crippen molar-refractivity contribution in [1.29, 1.82) is 0 Å². The number of aliphatic carboxylic acids is 1. The van der Waals surface area contributed by atoms with Crippen LogP contribution in [-0.4, -0.2) is 19.3 Å². The van der Waals surface area contributed by atoms with E-state index in [1.54, 1.807) is 0 Å². The zero-order valence-electron chi connectivity index (χ0n) is 27.6. The van der Waals surface area contributed by atoms with Crippen LogP contribution >= 0.6 is 0 Å². The fraction of sp³-hybridized carbons (Fsp3) is 0.657. The molecule has 0 N–H and O–H groups in total. The van der Waals surface area contributed by atoms with E-state index in [0.29, 0.717) is 12.0 Å². The average Bonchev–Trinajstić information content (AvgIpc) is 3.49. The second-order valence-corrected chi connectivity index (χ2v) is 20.5. The highest BCUT2D eigenvalue weighted by Crippen LogP contribution is 2.62. The summed E-state index contributed by atoms with van der Waals surface area (Å²) in [7, 11) is -2.31. The number of alkyl halides is 3. The van der Waals surface area contributed by atoms with Crippen molar-refractivity contribution in [2.75, 3.05) is 0 Å². The van der Waals surface area contributed by atoms with Crippen molar-refractivity contribution in [3.8, 4) is 0 Å². The SMILES string of the molecule is CC(C)c1nc2c(c3c1[C@@H](c1ccc(C(F)(F)F)cc1)OC31CCCC1)[C@@H](O[Si](C)(C)C(C)(C)C)CC(C)(C)[C@H]2CC(=O)[O-]. The molecule has 1 aromatic carbocycles. The first kappa shape index (κ1) is 33.1. The Hall–Kier alpha value is -2.23. The topological polar surface area (TPSA) is 71.5 Å². The third-order valence-electron chi connectivity index (χ3n) is 10.8. The molecule has 5 rings (SSSR count). The molecule has 3 atom stereocenters. The van der Waals surface area contributed by atoms with Crippen LogP contribution in [0.3, 0.4) is 0 Å². The first-order chi connectivity index (χ1) is 20.2. The van der Waals surface area contributed by atoms with Gasteiger partial charge in [-0.3, -0.25) is 4.98 Å². The van der Waals surface area contributed by atoms with Gasteiger partial charge in [-0.25, -0.2) is 0 Å². The molecule has 0 amide bonds. The third kappa shape index (κ3) is 5.66. The Morgan fingerprint density at radius 2 is 1.68 bits per heavy atom. The fourth-order valence-corrected chi connectivity index (χ4v) is 8.71. The number of hydrogen-bond acceptors (Lipinski definition) is 5. The Kier molecular flexibility index (Phi) is 8.24. The molecular formula is C35H47F3NO4Si-. The summed E-state index contributed by atoms with van der Waals surface area (Å²) in [5.41, 5.74) is 3.42. The summed E-state index contributed by atoms with van der Waals surface area (Å²) in [6.07, 6.45) is -1.34. The Morgan fingerprint density at radius 1 is 1.09 bits per heavy atom. The van der Waals surface area contributed by atoms with E-state index in [2.05, 4.69) is 61.6 Å². The third-order valence-corrected chi connectivity index (χ3v) is 15.3. The predicted molar refractivity (Wildman–Crippen MR) is 165 cm³/mol. The van der Waals surface area contributed by atoms with Crippen molar-refractivity contribution in [2.45, 2.75) is 141 Å². The molecule has 1 aromatic heterocycles. The lowest BCUT2D eigenvalue weighted by molar-refractivity contribution is -0.306. The lowest BCUT2D eigenvalue weighted by atomic mass is 9.63. The van der Waals surface area contributed by atoms with Gasteiger partial charge < -0.3 is 19.1 Å². The summed E-state index contributed by atoms with van der Waals surface area (Å²) in [6, 6.07) is 5.31. The van der Waals surface area contributed by atoms with Crippen molar-refractivity contribution >= 4 is 14.3 Å². The lowest BCUT2D eigenvalue weighted by Crippen LogP contribution is -2.45. The van der Waals surface area contributed by atoms with Crippen LogP contribution in [0, 0.1) is 5.41 Å². The van der Waals surface area contributed by atoms with Gasteiger partial charge in [0.2, 0.25) is 0 Å². The smallest absolute Gasteiger partial charge is 0.416 e. The van der Waals surface area contributed by atoms with Gasteiger partial charge in [-0.1, -0.05) is 73.4 Å². The molecule has 44 heavy (non-hydrogen) atoms. The number of carboxylic acids is 1. The number of carboxylic acid groups (broad SMARTS) is 1. The van der Waals surface area contributed by atoms with Gasteiger partial charge in [-0.2, -0.15) is 13.2 Å². The van der Waals surface area contributed by atoms with Gasteiger partial charge in [-0.15, -0.1) is 0 Å². The molecule has 5 nitrogen and oxygen atoms in total. The Balaban J connectivity index is 1.82. The zero-order chi connectivity index (χ0) is 32.6. The first-order valence-electron chi connectivity index (χ1n) is 16.0. The first-order valence-corrected chi connectivity index (χ1v) is 18.9. The van der Waals surface area contributed by atoms with Crippen molar-refractivity contribution in [3.05, 3.63) is 63.5 Å². The number of hydrogen-bond donors (Lipinski definition) is 0. The number of carbonyl (C=O) groups is 1. The minimum atomic E-state index is -4.43. The van der Waals surface area contributed by atoms with Crippen LogP contribution < -0.4 is 5.11 Å². The average molecular weight is 631 g/mol. The summed E-state index contributed by atoms with van der Waals surface area (Å²) < 4.78 is 54.8. The van der Waals surface area contributed by atoms with Crippen molar-refractivity contribution in [3.63, 3.8) is 0 Å². The fourth-order valence-electron chi connectivity index (χ4n) is 7.44. The molecule has 1 aliphatic heterocycles. The van der Waals surface area contributed by atoms with Crippen LogP contribution in [0.5, 0.6) is 0 Å². The van der Waals surface area contributed by atoms with Crippen LogP contribution in [0.25, 0.3) is 0 Å². The monoisotopic (exact) mass is 630 g/mol. The van der Waals surface area contributed by atoms with Gasteiger partial charge in [0, 0.05) is 28.7 Å². The number of aromatic nitrogens is 1. The number of ether oxygens (including phenoxy) is 1. The van der Waals surface area contributed by atoms with Crippen LogP contribution in [-0.2, 0) is 25.7 Å². The highest BCUT2D eigenvalue weighted by molar-refractivity contribution is 6.74. The molecular weight excluding hydrogens is 583 g/mol. The molecule has 242 valence electrons. The predicted octanol–water partition coefficient (Wildman–Crippen LogP) is 8.83. The zero-order valence-corrected chi connectivity index (χ0v) is 28.6. The van der Waals surface area contributed by atoms with E-state index in [4.69, 9.17) is 14.1 Å². The quantitative estimate of drug-likeness (QED) is 0.298. The molecule has 1 spiro atoms. The van der Waals surface area contributed by atoms with Gasteiger partial charge in [0.15, 0.2) is 8.32 Å². The van der Waals surface area contributed by atoms with E-state index < -0.39 is 43.1 Å². The van der Waals surface area contributed by atoms with Crippen LogP contribution in [0.1, 0.15) is 150 Å². The van der Waals surface area contributed by atoms with Gasteiger partial charge in [0.05, 0.1) is 23.0 Å². The molecule has 2 aliphatic carbocycles. The highest BCUT2D eigenvalue weighted by atomic mass is 28.4. The largest absolute Gasteiger partial charge is 0.550 e. The normalized spacial score (nSPS) is 24.5. The molecule has 0 radical (unpaired) electrons. The molecule has 0 bridgehead atoms. The van der Waals surface area contributed by atoms with Crippen molar-refractivity contribution in [1.82, 2.24) is 4.98 Å². The summed E-state index contributed by atoms with van der Waals surface area (Å²) in [5.74, 6) is -1.52. The Morgan fingerprint density at radius 3 is 2.18 bits per heavy atom. The molecule has 3 aliphatic rings. The maximum absolute atomic E-state index is 13.5. The number of halogens is 3. The summed E-state index contributed by atoms with van der Waals surface area (Å²) in [6.45, 7) is 19.4. The number of benzene rings is 1. The molecule has 2 heterocycles. The standard InChI is InChI=1S/C35H48F3NO4Si/c1-20(2)29-27-28(34(16-10-11-17-34)42-31(27)21-12-14-22(15-13-21)35(36,37)38)26-24(43-44(8,9)32(3,4)5)19-33(6,7)23(18-25(40)41)30(26)39-29/h12-15,20,23-24,31H,10-11,16-19H2,1-9H3,(H,40,41)/p-1/t23-,24-,31+/m0/s1. The lowest BCUT2D eigenvalue weighted by Gasteiger charge is -2.48. The van der Waals surface area contributed by atoms with E-state index in [1.165, 1.54) is 12.1 Å². The molecule has 2 aromatic rings. The summed E-state index contributed by atoms with van der Waals surface area (Å²) in [5, 5.41) is 12.1. The van der Waals surface area contributed by atoms with Crippen LogP contribution in [0.2, 0.25) is 18.1 Å².